The van der Waals surface area contributed by atoms with Crippen LogP contribution in [0.25, 0.3) is 5.65 Å². The standard InChI is InChI=1S/C13H15N3O3/c17-13(18)11-12(14-9-4-7-19-8-5-9)15-10-3-1-2-6-16(10)11/h1-3,6,9,14H,4-5,7-8H2,(H,17,18). The molecule has 3 rings (SSSR count). The Morgan fingerprint density at radius 3 is 2.95 bits per heavy atom. The van der Waals surface area contributed by atoms with Crippen LogP contribution in [0.5, 0.6) is 0 Å². The summed E-state index contributed by atoms with van der Waals surface area (Å²) in [7, 11) is 0. The molecule has 1 saturated heterocycles. The van der Waals surface area contributed by atoms with E-state index in [0.29, 0.717) is 24.7 Å². The van der Waals surface area contributed by atoms with Gasteiger partial charge in [0.15, 0.2) is 11.5 Å². The molecular weight excluding hydrogens is 246 g/mol. The molecule has 1 aliphatic heterocycles. The van der Waals surface area contributed by atoms with Crippen LogP contribution in [0.3, 0.4) is 0 Å². The molecule has 100 valence electrons. The summed E-state index contributed by atoms with van der Waals surface area (Å²) in [5.41, 5.74) is 0.816. The molecule has 0 radical (unpaired) electrons. The predicted octanol–water partition coefficient (Wildman–Crippen LogP) is 1.62. The summed E-state index contributed by atoms with van der Waals surface area (Å²) in [6.45, 7) is 1.40. The van der Waals surface area contributed by atoms with E-state index in [-0.39, 0.29) is 11.7 Å². The van der Waals surface area contributed by atoms with Crippen LogP contribution in [0.2, 0.25) is 0 Å². The van der Waals surface area contributed by atoms with Gasteiger partial charge in [-0.25, -0.2) is 9.78 Å². The Morgan fingerprint density at radius 1 is 1.42 bits per heavy atom. The lowest BCUT2D eigenvalue weighted by Gasteiger charge is -2.23. The molecule has 0 spiro atoms. The molecule has 0 saturated carbocycles. The normalized spacial score (nSPS) is 16.6. The summed E-state index contributed by atoms with van der Waals surface area (Å²) in [5.74, 6) is -0.543. The molecule has 6 nitrogen and oxygen atoms in total. The molecule has 6 heteroatoms. The number of nitrogens with zero attached hydrogens (tertiary/aromatic N) is 2. The van der Waals surface area contributed by atoms with E-state index < -0.39 is 5.97 Å². The van der Waals surface area contributed by atoms with Crippen molar-refractivity contribution in [2.24, 2.45) is 0 Å². The number of rotatable bonds is 3. The average molecular weight is 261 g/mol. The van der Waals surface area contributed by atoms with E-state index in [1.165, 1.54) is 0 Å². The van der Waals surface area contributed by atoms with Gasteiger partial charge in [0.25, 0.3) is 0 Å². The summed E-state index contributed by atoms with van der Waals surface area (Å²) < 4.78 is 6.88. The van der Waals surface area contributed by atoms with Crippen molar-refractivity contribution in [3.63, 3.8) is 0 Å². The molecule has 0 atom stereocenters. The number of nitrogens with one attached hydrogen (secondary N) is 1. The highest BCUT2D eigenvalue weighted by molar-refractivity contribution is 5.93. The molecular formula is C13H15N3O3. The van der Waals surface area contributed by atoms with Gasteiger partial charge in [0.2, 0.25) is 0 Å². The molecule has 0 bridgehead atoms. The number of aromatic nitrogens is 2. The molecule has 2 aromatic rings. The van der Waals surface area contributed by atoms with E-state index in [4.69, 9.17) is 4.74 Å². The Labute approximate surface area is 110 Å². The van der Waals surface area contributed by atoms with Crippen LogP contribution >= 0.6 is 0 Å². The minimum Gasteiger partial charge on any atom is -0.476 e. The average Bonchev–Trinajstić information content (AvgIpc) is 2.77. The monoisotopic (exact) mass is 261 g/mol. The third kappa shape index (κ3) is 2.26. The molecule has 3 heterocycles. The number of imidazole rings is 1. The number of anilines is 1. The van der Waals surface area contributed by atoms with Gasteiger partial charge in [-0.2, -0.15) is 0 Å². The highest BCUT2D eigenvalue weighted by Crippen LogP contribution is 2.20. The lowest BCUT2D eigenvalue weighted by molar-refractivity contribution is 0.0690. The highest BCUT2D eigenvalue weighted by Gasteiger charge is 2.22. The first-order chi connectivity index (χ1) is 9.25. The van der Waals surface area contributed by atoms with Gasteiger partial charge in [0, 0.05) is 25.5 Å². The Balaban J connectivity index is 1.97. The van der Waals surface area contributed by atoms with Crippen molar-refractivity contribution in [1.29, 1.82) is 0 Å². The fourth-order valence-corrected chi connectivity index (χ4v) is 2.34. The number of hydrogen-bond acceptors (Lipinski definition) is 4. The first-order valence-electron chi connectivity index (χ1n) is 6.30. The van der Waals surface area contributed by atoms with Gasteiger partial charge in [-0.15, -0.1) is 0 Å². The number of pyridine rings is 1. The first kappa shape index (κ1) is 12.0. The number of fused-ring (bicyclic) bond motifs is 1. The zero-order valence-corrected chi connectivity index (χ0v) is 10.4. The van der Waals surface area contributed by atoms with Crippen molar-refractivity contribution in [3.05, 3.63) is 30.1 Å². The molecule has 0 unspecified atom stereocenters. The molecule has 1 fully saturated rings. The number of carbonyl (C=O) groups is 1. The first-order valence-corrected chi connectivity index (χ1v) is 6.30. The zero-order chi connectivity index (χ0) is 13.2. The fourth-order valence-electron chi connectivity index (χ4n) is 2.34. The summed E-state index contributed by atoms with van der Waals surface area (Å²) >= 11 is 0. The Kier molecular flexibility index (Phi) is 3.08. The second-order valence-electron chi connectivity index (χ2n) is 4.57. The van der Waals surface area contributed by atoms with Gasteiger partial charge in [-0.3, -0.25) is 4.40 Å². The smallest absolute Gasteiger partial charge is 0.356 e. The van der Waals surface area contributed by atoms with Crippen LogP contribution in [-0.2, 0) is 4.74 Å². The highest BCUT2D eigenvalue weighted by atomic mass is 16.5. The second-order valence-corrected chi connectivity index (χ2v) is 4.57. The minimum atomic E-state index is -0.978. The minimum absolute atomic E-state index is 0.182. The fraction of sp³-hybridized carbons (Fsp3) is 0.385. The van der Waals surface area contributed by atoms with Crippen LogP contribution in [0.15, 0.2) is 24.4 Å². The van der Waals surface area contributed by atoms with Crippen molar-refractivity contribution in [2.45, 2.75) is 18.9 Å². The van der Waals surface area contributed by atoms with E-state index >= 15 is 0 Å². The van der Waals surface area contributed by atoms with Gasteiger partial charge in [-0.05, 0) is 25.0 Å². The van der Waals surface area contributed by atoms with E-state index in [2.05, 4.69) is 10.3 Å². The topological polar surface area (TPSA) is 75.9 Å². The van der Waals surface area contributed by atoms with E-state index in [1.54, 1.807) is 22.7 Å². The Hall–Kier alpha value is -2.08. The summed E-state index contributed by atoms with van der Waals surface area (Å²) in [6, 6.07) is 5.64. The van der Waals surface area contributed by atoms with Crippen LogP contribution in [0.4, 0.5) is 5.82 Å². The predicted molar refractivity (Wildman–Crippen MR) is 69.6 cm³/mol. The van der Waals surface area contributed by atoms with Crippen molar-refractivity contribution in [3.8, 4) is 0 Å². The molecule has 0 aromatic carbocycles. The maximum atomic E-state index is 11.4. The number of hydrogen-bond donors (Lipinski definition) is 2. The zero-order valence-electron chi connectivity index (χ0n) is 10.4. The van der Waals surface area contributed by atoms with Gasteiger partial charge in [0.05, 0.1) is 0 Å². The van der Waals surface area contributed by atoms with Crippen molar-refractivity contribution in [1.82, 2.24) is 9.38 Å². The lowest BCUT2D eigenvalue weighted by atomic mass is 10.1. The van der Waals surface area contributed by atoms with Gasteiger partial charge in [0.1, 0.15) is 5.65 Å². The van der Waals surface area contributed by atoms with Gasteiger partial charge >= 0.3 is 5.97 Å². The molecule has 2 aromatic heterocycles. The lowest BCUT2D eigenvalue weighted by Crippen LogP contribution is -2.28. The van der Waals surface area contributed by atoms with Gasteiger partial charge in [-0.1, -0.05) is 6.07 Å². The Bertz CT molecular complexity index is 602. The third-order valence-electron chi connectivity index (χ3n) is 3.29. The van der Waals surface area contributed by atoms with E-state index in [9.17, 15) is 9.90 Å². The van der Waals surface area contributed by atoms with Crippen molar-refractivity contribution < 1.29 is 14.6 Å². The molecule has 1 aliphatic rings. The van der Waals surface area contributed by atoms with E-state index in [0.717, 1.165) is 12.8 Å². The SMILES string of the molecule is O=C(O)c1c(NC2CCOCC2)nc2ccccn12. The number of aromatic carboxylic acids is 1. The third-order valence-corrected chi connectivity index (χ3v) is 3.29. The van der Waals surface area contributed by atoms with Crippen LogP contribution in [-0.4, -0.2) is 39.7 Å². The number of carboxylic acid groups (broad SMARTS) is 1. The van der Waals surface area contributed by atoms with E-state index in [1.807, 2.05) is 6.07 Å². The quantitative estimate of drug-likeness (QED) is 0.878. The van der Waals surface area contributed by atoms with Crippen LogP contribution in [0, 0.1) is 0 Å². The summed E-state index contributed by atoms with van der Waals surface area (Å²) in [4.78, 5) is 15.8. The van der Waals surface area contributed by atoms with Gasteiger partial charge < -0.3 is 15.2 Å². The van der Waals surface area contributed by atoms with Crippen molar-refractivity contribution in [2.75, 3.05) is 18.5 Å². The van der Waals surface area contributed by atoms with Crippen molar-refractivity contribution >= 4 is 17.4 Å². The van der Waals surface area contributed by atoms with Crippen LogP contribution < -0.4 is 5.32 Å². The second kappa shape index (κ2) is 4.89. The largest absolute Gasteiger partial charge is 0.476 e. The maximum Gasteiger partial charge on any atom is 0.356 e. The Morgan fingerprint density at radius 2 is 2.21 bits per heavy atom. The van der Waals surface area contributed by atoms with Crippen LogP contribution in [0.1, 0.15) is 23.3 Å². The number of carboxylic acids is 1. The molecule has 2 N–H and O–H groups in total. The maximum absolute atomic E-state index is 11.4. The summed E-state index contributed by atoms with van der Waals surface area (Å²) in [5, 5.41) is 12.6. The number of ether oxygens (including phenoxy) is 1. The molecule has 0 aliphatic carbocycles. The molecule has 19 heavy (non-hydrogen) atoms. The molecule has 0 amide bonds. The summed E-state index contributed by atoms with van der Waals surface area (Å²) in [6.07, 6.45) is 3.45.